The molecule has 0 aliphatic heterocycles. The summed E-state index contributed by atoms with van der Waals surface area (Å²) in [5, 5.41) is 1.20. The molecule has 1 heterocycles. The molecule has 3 nitrogen and oxygen atoms in total. The number of benzene rings is 1. The van der Waals surface area contributed by atoms with E-state index in [9.17, 15) is 0 Å². The van der Waals surface area contributed by atoms with Crippen molar-refractivity contribution in [2.24, 2.45) is 5.84 Å². The molecule has 0 atom stereocenters. The van der Waals surface area contributed by atoms with Gasteiger partial charge in [-0.15, -0.1) is 11.3 Å². The molecule has 0 aliphatic rings. The van der Waals surface area contributed by atoms with Crippen molar-refractivity contribution in [3.8, 4) is 0 Å². The number of aromatic nitrogens is 1. The Labute approximate surface area is 86.9 Å². The summed E-state index contributed by atoms with van der Waals surface area (Å²) < 4.78 is 1.27. The lowest BCUT2D eigenvalue weighted by Crippen LogP contribution is -2.23. The smallest absolute Gasteiger partial charge is 0.0939 e. The lowest BCUT2D eigenvalue weighted by atomic mass is 10.3. The molecule has 0 amide bonds. The summed E-state index contributed by atoms with van der Waals surface area (Å²) in [5.74, 6) is 5.20. The molecule has 14 heavy (non-hydrogen) atoms. The average Bonchev–Trinajstić information content (AvgIpc) is 2.60. The number of hydrogen-bond donors (Lipinski definition) is 2. The van der Waals surface area contributed by atoms with Gasteiger partial charge >= 0.3 is 0 Å². The lowest BCUT2D eigenvalue weighted by molar-refractivity contribution is 0.679. The quantitative estimate of drug-likeness (QED) is 0.456. The summed E-state index contributed by atoms with van der Waals surface area (Å²) in [6, 6.07) is 8.23. The molecule has 4 heteroatoms. The maximum absolute atomic E-state index is 5.20. The van der Waals surface area contributed by atoms with E-state index in [-0.39, 0.29) is 0 Å². The van der Waals surface area contributed by atoms with Gasteiger partial charge in [-0.1, -0.05) is 12.1 Å². The van der Waals surface area contributed by atoms with Crippen LogP contribution in [0.1, 0.15) is 11.4 Å². The minimum absolute atomic E-state index is 0.843. The second-order valence-electron chi connectivity index (χ2n) is 3.13. The molecular formula is C10H13N3S. The highest BCUT2D eigenvalue weighted by Crippen LogP contribution is 2.22. The van der Waals surface area contributed by atoms with Crippen LogP contribution in [0.15, 0.2) is 24.3 Å². The van der Waals surface area contributed by atoms with Gasteiger partial charge in [0.2, 0.25) is 0 Å². The van der Waals surface area contributed by atoms with Crippen LogP contribution in [0.5, 0.6) is 0 Å². The Hall–Kier alpha value is -0.970. The summed E-state index contributed by atoms with van der Waals surface area (Å²) in [6.07, 6.45) is 2.04. The Kier molecular flexibility index (Phi) is 3.08. The summed E-state index contributed by atoms with van der Waals surface area (Å²) in [7, 11) is 0. The van der Waals surface area contributed by atoms with E-state index in [1.54, 1.807) is 11.3 Å². The first-order chi connectivity index (χ1) is 6.90. The molecule has 0 radical (unpaired) electrons. The van der Waals surface area contributed by atoms with Crippen molar-refractivity contribution in [3.63, 3.8) is 0 Å². The Bertz CT molecular complexity index is 377. The van der Waals surface area contributed by atoms with Crippen LogP contribution in [0.25, 0.3) is 10.2 Å². The van der Waals surface area contributed by atoms with Crippen LogP contribution >= 0.6 is 11.3 Å². The lowest BCUT2D eigenvalue weighted by Gasteiger charge is -1.94. The van der Waals surface area contributed by atoms with Crippen molar-refractivity contribution in [1.82, 2.24) is 10.4 Å². The zero-order valence-corrected chi connectivity index (χ0v) is 8.68. The Morgan fingerprint density at radius 1 is 1.36 bits per heavy atom. The van der Waals surface area contributed by atoms with Crippen LogP contribution in [0.4, 0.5) is 0 Å². The highest BCUT2D eigenvalue weighted by atomic mass is 32.1. The summed E-state index contributed by atoms with van der Waals surface area (Å²) in [4.78, 5) is 4.53. The molecule has 0 aliphatic carbocycles. The fourth-order valence-electron chi connectivity index (χ4n) is 1.37. The van der Waals surface area contributed by atoms with Crippen molar-refractivity contribution in [3.05, 3.63) is 29.3 Å². The van der Waals surface area contributed by atoms with Crippen LogP contribution in [-0.4, -0.2) is 11.5 Å². The van der Waals surface area contributed by atoms with Crippen LogP contribution in [0.2, 0.25) is 0 Å². The van der Waals surface area contributed by atoms with Crippen molar-refractivity contribution in [2.45, 2.75) is 12.8 Å². The molecule has 0 saturated carbocycles. The maximum atomic E-state index is 5.20. The number of nitrogens with one attached hydrogen (secondary N) is 1. The number of para-hydroxylation sites is 1. The van der Waals surface area contributed by atoms with E-state index in [0.29, 0.717) is 0 Å². The van der Waals surface area contributed by atoms with Gasteiger partial charge in [0, 0.05) is 13.0 Å². The van der Waals surface area contributed by atoms with Crippen molar-refractivity contribution in [2.75, 3.05) is 6.54 Å². The zero-order valence-electron chi connectivity index (χ0n) is 7.86. The number of fused-ring (bicyclic) bond motifs is 1. The molecule has 1 aromatic carbocycles. The second kappa shape index (κ2) is 4.50. The van der Waals surface area contributed by atoms with E-state index in [2.05, 4.69) is 22.5 Å². The Balaban J connectivity index is 2.11. The zero-order chi connectivity index (χ0) is 9.80. The first kappa shape index (κ1) is 9.58. The monoisotopic (exact) mass is 207 g/mol. The number of nitrogens with two attached hydrogens (primary N) is 1. The maximum Gasteiger partial charge on any atom is 0.0939 e. The minimum Gasteiger partial charge on any atom is -0.271 e. The first-order valence-electron chi connectivity index (χ1n) is 4.68. The molecule has 0 saturated heterocycles. The molecule has 0 spiro atoms. The van der Waals surface area contributed by atoms with E-state index in [1.807, 2.05) is 12.1 Å². The van der Waals surface area contributed by atoms with Gasteiger partial charge in [0.05, 0.1) is 15.2 Å². The first-order valence-corrected chi connectivity index (χ1v) is 5.50. The molecule has 0 unspecified atom stereocenters. The van der Waals surface area contributed by atoms with Gasteiger partial charge in [-0.3, -0.25) is 11.3 Å². The molecule has 3 N–H and O–H groups in total. The molecule has 2 aromatic rings. The molecule has 0 bridgehead atoms. The predicted octanol–water partition coefficient (Wildman–Crippen LogP) is 1.69. The fourth-order valence-corrected chi connectivity index (χ4v) is 2.38. The fraction of sp³-hybridized carbons (Fsp3) is 0.300. The van der Waals surface area contributed by atoms with E-state index in [0.717, 1.165) is 24.9 Å². The van der Waals surface area contributed by atoms with Gasteiger partial charge in [0.1, 0.15) is 0 Å². The molecular weight excluding hydrogens is 194 g/mol. The molecule has 2 rings (SSSR count). The number of thiazole rings is 1. The molecule has 1 aromatic heterocycles. The number of hydrazine groups is 1. The van der Waals surface area contributed by atoms with Gasteiger partial charge in [0.15, 0.2) is 0 Å². The van der Waals surface area contributed by atoms with Crippen LogP contribution in [0, 0.1) is 0 Å². The number of aryl methyl sites for hydroxylation is 1. The summed E-state index contributed by atoms with van der Waals surface area (Å²) >= 11 is 1.77. The van der Waals surface area contributed by atoms with Crippen molar-refractivity contribution < 1.29 is 0 Å². The number of hydrogen-bond acceptors (Lipinski definition) is 4. The minimum atomic E-state index is 0.843. The van der Waals surface area contributed by atoms with E-state index in [4.69, 9.17) is 5.84 Å². The number of nitrogens with zero attached hydrogens (tertiary/aromatic N) is 1. The van der Waals surface area contributed by atoms with Crippen molar-refractivity contribution >= 4 is 21.6 Å². The van der Waals surface area contributed by atoms with E-state index < -0.39 is 0 Å². The normalized spacial score (nSPS) is 10.9. The Morgan fingerprint density at radius 2 is 2.21 bits per heavy atom. The topological polar surface area (TPSA) is 50.9 Å². The van der Waals surface area contributed by atoms with E-state index in [1.165, 1.54) is 9.71 Å². The van der Waals surface area contributed by atoms with E-state index >= 15 is 0 Å². The third-order valence-electron chi connectivity index (χ3n) is 2.05. The van der Waals surface area contributed by atoms with Gasteiger partial charge in [-0.2, -0.15) is 0 Å². The predicted molar refractivity (Wildman–Crippen MR) is 60.1 cm³/mol. The third kappa shape index (κ3) is 2.09. The van der Waals surface area contributed by atoms with Crippen LogP contribution in [-0.2, 0) is 6.42 Å². The summed E-state index contributed by atoms with van der Waals surface area (Å²) in [6.45, 7) is 0.843. The van der Waals surface area contributed by atoms with Gasteiger partial charge in [-0.25, -0.2) is 4.98 Å². The average molecular weight is 207 g/mol. The second-order valence-corrected chi connectivity index (χ2v) is 4.25. The summed E-state index contributed by atoms with van der Waals surface area (Å²) in [5.41, 5.74) is 3.75. The third-order valence-corrected chi connectivity index (χ3v) is 3.15. The van der Waals surface area contributed by atoms with Gasteiger partial charge in [-0.05, 0) is 18.6 Å². The largest absolute Gasteiger partial charge is 0.271 e. The van der Waals surface area contributed by atoms with Crippen LogP contribution < -0.4 is 11.3 Å². The Morgan fingerprint density at radius 3 is 3.00 bits per heavy atom. The highest BCUT2D eigenvalue weighted by molar-refractivity contribution is 7.18. The highest BCUT2D eigenvalue weighted by Gasteiger charge is 2.01. The molecule has 0 fully saturated rings. The van der Waals surface area contributed by atoms with Gasteiger partial charge < -0.3 is 0 Å². The van der Waals surface area contributed by atoms with Crippen LogP contribution in [0.3, 0.4) is 0 Å². The van der Waals surface area contributed by atoms with Crippen molar-refractivity contribution in [1.29, 1.82) is 0 Å². The van der Waals surface area contributed by atoms with Gasteiger partial charge in [0.25, 0.3) is 0 Å². The molecule has 74 valence electrons. The number of rotatable bonds is 4. The SMILES string of the molecule is NNCCCc1nc2ccccc2s1. The standard InChI is InChI=1S/C10H13N3S/c11-12-7-3-6-10-13-8-4-1-2-5-9(8)14-10/h1-2,4-5,12H,3,6-7,11H2.